The zero-order chi connectivity index (χ0) is 25.2. The molecule has 2 aromatic heterocycles. The third-order valence-electron chi connectivity index (χ3n) is 3.58. The van der Waals surface area contributed by atoms with Crippen LogP contribution in [0.5, 0.6) is 0 Å². The smallest absolute Gasteiger partial charge is 0.392 e. The van der Waals surface area contributed by atoms with E-state index in [2.05, 4.69) is 28.1 Å². The zero-order valence-electron chi connectivity index (χ0n) is 16.4. The molecule has 0 aliphatic rings. The number of fused-ring (bicyclic) bond motifs is 1. The van der Waals surface area contributed by atoms with Gasteiger partial charge in [-0.05, 0) is 6.92 Å². The molecular weight excluding hydrogens is 522 g/mol. The molecule has 33 heavy (non-hydrogen) atoms. The SMILES string of the molecule is C[C@H](F)[C@@H](COP(=O)(O)OP(=O)(O)OP(=O)(O)O)O[C@H](CO)n1cnc2c(=O)[nH]c(N)nc21. The van der Waals surface area contributed by atoms with Gasteiger partial charge in [0.1, 0.15) is 12.3 Å². The summed E-state index contributed by atoms with van der Waals surface area (Å²) in [5.74, 6) is -0.297. The maximum atomic E-state index is 14.0. The molecule has 18 nitrogen and oxygen atoms in total. The van der Waals surface area contributed by atoms with Gasteiger partial charge in [-0.15, -0.1) is 0 Å². The van der Waals surface area contributed by atoms with Crippen LogP contribution in [0.1, 0.15) is 13.2 Å². The van der Waals surface area contributed by atoms with Crippen molar-refractivity contribution in [2.75, 3.05) is 18.9 Å². The molecule has 2 unspecified atom stereocenters. The first-order valence-electron chi connectivity index (χ1n) is 8.44. The first-order valence-corrected chi connectivity index (χ1v) is 13.0. The number of nitrogen functional groups attached to an aromatic ring is 1. The van der Waals surface area contributed by atoms with Crippen LogP contribution in [-0.4, -0.2) is 69.7 Å². The zero-order valence-corrected chi connectivity index (χ0v) is 19.0. The van der Waals surface area contributed by atoms with Crippen molar-refractivity contribution in [2.24, 2.45) is 0 Å². The highest BCUT2D eigenvalue weighted by atomic mass is 31.3. The van der Waals surface area contributed by atoms with E-state index in [4.69, 9.17) is 25.2 Å². The molecule has 22 heteroatoms. The number of imidazole rings is 1. The number of phosphoric acid groups is 3. The third kappa shape index (κ3) is 7.99. The Morgan fingerprint density at radius 3 is 2.39 bits per heavy atom. The number of aromatic amines is 1. The number of aliphatic hydroxyl groups is 1. The summed E-state index contributed by atoms with van der Waals surface area (Å²) in [7, 11) is -16.9. The lowest BCUT2D eigenvalue weighted by Gasteiger charge is -2.26. The third-order valence-corrected chi connectivity index (χ3v) is 7.38. The van der Waals surface area contributed by atoms with Crippen LogP contribution in [0.4, 0.5) is 10.3 Å². The Morgan fingerprint density at radius 1 is 1.21 bits per heavy atom. The van der Waals surface area contributed by atoms with E-state index in [9.17, 15) is 32.9 Å². The lowest BCUT2D eigenvalue weighted by molar-refractivity contribution is -0.116. The van der Waals surface area contributed by atoms with Crippen LogP contribution in [-0.2, 0) is 31.6 Å². The number of nitrogens with zero attached hydrogens (tertiary/aromatic N) is 3. The van der Waals surface area contributed by atoms with Crippen LogP contribution in [0.2, 0.25) is 0 Å². The van der Waals surface area contributed by atoms with Gasteiger partial charge in [-0.1, -0.05) is 0 Å². The maximum Gasteiger partial charge on any atom is 0.490 e. The van der Waals surface area contributed by atoms with Gasteiger partial charge in [-0.2, -0.15) is 13.6 Å². The molecule has 0 aromatic carbocycles. The van der Waals surface area contributed by atoms with Gasteiger partial charge in [0.05, 0.1) is 19.5 Å². The van der Waals surface area contributed by atoms with Crippen molar-refractivity contribution in [3.63, 3.8) is 0 Å². The molecule has 2 rings (SSSR count). The summed E-state index contributed by atoms with van der Waals surface area (Å²) in [6.07, 6.45) is -4.11. The number of aromatic nitrogens is 4. The van der Waals surface area contributed by atoms with Crippen molar-refractivity contribution in [3.05, 3.63) is 16.7 Å². The molecule has 0 radical (unpaired) electrons. The number of phosphoric ester groups is 1. The normalized spacial score (nSPS) is 19.0. The van der Waals surface area contributed by atoms with Crippen molar-refractivity contribution in [3.8, 4) is 0 Å². The van der Waals surface area contributed by atoms with Gasteiger partial charge in [-0.25, -0.2) is 23.1 Å². The molecule has 0 aliphatic carbocycles. The fraction of sp³-hybridized carbons (Fsp3) is 0.545. The van der Waals surface area contributed by atoms with E-state index in [1.807, 2.05) is 0 Å². The summed E-state index contributed by atoms with van der Waals surface area (Å²) >= 11 is 0. The minimum absolute atomic E-state index is 0.145. The van der Waals surface area contributed by atoms with E-state index in [1.54, 1.807) is 0 Å². The van der Waals surface area contributed by atoms with Crippen molar-refractivity contribution < 1.29 is 60.6 Å². The van der Waals surface area contributed by atoms with E-state index in [-0.39, 0.29) is 17.1 Å². The number of aliphatic hydroxyl groups excluding tert-OH is 1. The molecule has 8 N–H and O–H groups in total. The lowest BCUT2D eigenvalue weighted by Crippen LogP contribution is -2.33. The minimum atomic E-state index is -5.77. The number of alkyl halides is 1. The van der Waals surface area contributed by atoms with Crippen molar-refractivity contribution in [1.29, 1.82) is 0 Å². The van der Waals surface area contributed by atoms with Crippen LogP contribution in [0.15, 0.2) is 11.1 Å². The number of ether oxygens (including phenoxy) is 1. The average Bonchev–Trinajstić information content (AvgIpc) is 3.02. The predicted octanol–water partition coefficient (Wildman–Crippen LogP) is -0.721. The highest BCUT2D eigenvalue weighted by Gasteiger charge is 2.41. The molecule has 188 valence electrons. The first kappa shape index (κ1) is 27.7. The maximum absolute atomic E-state index is 14.0. The minimum Gasteiger partial charge on any atom is -0.392 e. The van der Waals surface area contributed by atoms with E-state index >= 15 is 0 Å². The Morgan fingerprint density at radius 2 is 1.85 bits per heavy atom. The van der Waals surface area contributed by atoms with E-state index in [1.165, 1.54) is 0 Å². The lowest BCUT2D eigenvalue weighted by atomic mass is 10.2. The van der Waals surface area contributed by atoms with Gasteiger partial charge >= 0.3 is 23.5 Å². The van der Waals surface area contributed by atoms with Crippen LogP contribution >= 0.6 is 23.5 Å². The van der Waals surface area contributed by atoms with Crippen LogP contribution in [0.3, 0.4) is 0 Å². The summed E-state index contributed by atoms with van der Waals surface area (Å²) < 4.78 is 65.6. The second kappa shape index (κ2) is 10.4. The van der Waals surface area contributed by atoms with Crippen LogP contribution in [0.25, 0.3) is 11.2 Å². The Balaban J connectivity index is 2.17. The van der Waals surface area contributed by atoms with E-state index in [0.717, 1.165) is 17.8 Å². The first-order chi connectivity index (χ1) is 15.0. The van der Waals surface area contributed by atoms with Gasteiger partial charge in [0, 0.05) is 0 Å². The molecule has 0 spiro atoms. The molecule has 5 atom stereocenters. The second-order valence-electron chi connectivity index (χ2n) is 6.15. The summed E-state index contributed by atoms with van der Waals surface area (Å²) in [6, 6.07) is 0. The molecular formula is C11H19FN5O13P3. The van der Waals surface area contributed by atoms with Crippen molar-refractivity contribution >= 4 is 40.6 Å². The van der Waals surface area contributed by atoms with Crippen molar-refractivity contribution in [1.82, 2.24) is 19.5 Å². The van der Waals surface area contributed by atoms with Crippen molar-refractivity contribution in [2.45, 2.75) is 25.4 Å². The number of anilines is 1. The Bertz CT molecular complexity index is 1180. The number of halogens is 1. The molecule has 0 amide bonds. The summed E-state index contributed by atoms with van der Waals surface area (Å²) in [6.45, 7) is -1.02. The molecule has 2 heterocycles. The fourth-order valence-corrected chi connectivity index (χ4v) is 5.33. The van der Waals surface area contributed by atoms with E-state index in [0.29, 0.717) is 0 Å². The summed E-state index contributed by atoms with van der Waals surface area (Å²) in [4.78, 5) is 57.3. The van der Waals surface area contributed by atoms with Crippen LogP contribution < -0.4 is 11.3 Å². The standard InChI is InChI=1S/C11H19FN5O13P3/c1-5(12)6(3-27-32(23,24)30-33(25,26)29-31(20,21)22)28-7(2-18)17-4-14-8-9(17)15-11(13)16-10(8)19/h4-7,18H,2-3H2,1H3,(H,23,24)(H,25,26)(H2,20,21,22)(H3,13,15,16,19)/t5-,6+,7+/m0/s1. The topological polar surface area (TPSA) is 279 Å². The Hall–Kier alpha value is -1.59. The average molecular weight is 541 g/mol. The fourth-order valence-electron chi connectivity index (χ4n) is 2.30. The highest BCUT2D eigenvalue weighted by Crippen LogP contribution is 2.66. The Kier molecular flexibility index (Phi) is 8.67. The monoisotopic (exact) mass is 541 g/mol. The molecule has 0 saturated carbocycles. The molecule has 0 fully saturated rings. The van der Waals surface area contributed by atoms with Gasteiger partial charge < -0.3 is 35.2 Å². The predicted molar refractivity (Wildman–Crippen MR) is 104 cm³/mol. The number of nitrogens with two attached hydrogens (primary N) is 1. The Labute approximate surface area is 182 Å². The van der Waals surface area contributed by atoms with Gasteiger partial charge in [-0.3, -0.25) is 18.9 Å². The number of nitrogens with one attached hydrogen (secondary N) is 1. The van der Waals surface area contributed by atoms with Gasteiger partial charge in [0.2, 0.25) is 5.95 Å². The van der Waals surface area contributed by atoms with Gasteiger partial charge in [0.25, 0.3) is 5.56 Å². The van der Waals surface area contributed by atoms with Crippen LogP contribution in [0, 0.1) is 0 Å². The largest absolute Gasteiger partial charge is 0.490 e. The molecule has 0 aliphatic heterocycles. The highest BCUT2D eigenvalue weighted by molar-refractivity contribution is 7.66. The summed E-state index contributed by atoms with van der Waals surface area (Å²) in [5, 5.41) is 9.64. The summed E-state index contributed by atoms with van der Waals surface area (Å²) in [5.41, 5.74) is 4.41. The molecule has 0 saturated heterocycles. The number of hydrogen-bond donors (Lipinski definition) is 7. The number of rotatable bonds is 12. The quantitative estimate of drug-likeness (QED) is 0.163. The number of hydrogen-bond acceptors (Lipinski definition) is 12. The van der Waals surface area contributed by atoms with Gasteiger partial charge in [0.15, 0.2) is 17.4 Å². The second-order valence-corrected chi connectivity index (χ2v) is 10.6. The molecule has 2 aromatic rings. The van der Waals surface area contributed by atoms with E-state index < -0.39 is 60.7 Å². The number of H-pyrrole nitrogens is 1. The molecule has 0 bridgehead atoms.